The fourth-order valence-electron chi connectivity index (χ4n) is 6.98. The molecular weight excluding hydrogens is 987 g/mol. The molecule has 4 aromatic carbocycles. The van der Waals surface area contributed by atoms with Gasteiger partial charge in [-0.3, -0.25) is 0 Å². The highest BCUT2D eigenvalue weighted by molar-refractivity contribution is 7.89. The van der Waals surface area contributed by atoms with Crippen LogP contribution in [0.15, 0.2) is 93.3 Å². The van der Waals surface area contributed by atoms with Crippen LogP contribution in [-0.2, 0) is 20.0 Å². The van der Waals surface area contributed by atoms with Gasteiger partial charge in [-0.2, -0.15) is 8.61 Å². The number of rotatable bonds is 12. The summed E-state index contributed by atoms with van der Waals surface area (Å²) < 4.78 is 76.4. The lowest BCUT2D eigenvalue weighted by atomic mass is 10.1. The Morgan fingerprint density at radius 2 is 0.891 bits per heavy atom. The summed E-state index contributed by atoms with van der Waals surface area (Å²) in [6, 6.07) is 19.9. The fraction of sp³-hybridized carbons (Fsp3) is 0.286. The van der Waals surface area contributed by atoms with Crippen molar-refractivity contribution in [2.45, 2.75) is 9.79 Å². The Kier molecular flexibility index (Phi) is 15.4. The van der Waals surface area contributed by atoms with Crippen molar-refractivity contribution in [1.29, 1.82) is 0 Å². The molecule has 340 valence electrons. The SMILES string of the molecule is COc1ccc(-c2csc(N3CCN(S(=O)(=O)c4cc(Cl)cc(Cl)c4)CC3)n2)c(OC)c1.COc1ccc(OC)c(-c2csc(N3CCN(S(=O)(=O)c4cc(Cl)cc(Cl)c4)CC3)n2)c1. The van der Waals surface area contributed by atoms with E-state index in [4.69, 9.17) is 75.3 Å². The number of halogens is 4. The number of thiazole rings is 2. The number of benzene rings is 4. The highest BCUT2D eigenvalue weighted by Gasteiger charge is 2.32. The molecule has 2 fully saturated rings. The van der Waals surface area contributed by atoms with Gasteiger partial charge in [-0.05, 0) is 66.7 Å². The normalized spacial score (nSPS) is 15.1. The van der Waals surface area contributed by atoms with Crippen LogP contribution in [0.5, 0.6) is 23.0 Å². The average molecular weight is 1030 g/mol. The van der Waals surface area contributed by atoms with Crippen LogP contribution in [0.4, 0.5) is 10.3 Å². The van der Waals surface area contributed by atoms with Crippen molar-refractivity contribution < 1.29 is 35.8 Å². The van der Waals surface area contributed by atoms with Crippen molar-refractivity contribution >= 4 is 99.4 Å². The molecule has 0 radical (unpaired) electrons. The Bertz CT molecular complexity index is 2790. The van der Waals surface area contributed by atoms with Gasteiger partial charge in [-0.15, -0.1) is 22.7 Å². The zero-order chi connectivity index (χ0) is 45.8. The molecule has 0 unspecified atom stereocenters. The van der Waals surface area contributed by atoms with Gasteiger partial charge in [0.1, 0.15) is 23.0 Å². The molecule has 0 spiro atoms. The standard InChI is InChI=1S/2C21H21Cl2N3O4S2/c1-29-16-3-4-20(30-2)18(12-16)19-13-31-21(24-19)25-5-7-26(8-6-25)32(27,28)17-10-14(22)9-15(23)11-17;1-29-16-3-4-18(20(12-16)30-2)19-13-31-21(24-19)25-5-7-26(8-6-25)32(27,28)17-10-14(22)9-15(23)11-17/h2*3-4,9-13H,5-8H2,1-2H3. The molecule has 4 heterocycles. The van der Waals surface area contributed by atoms with Crippen molar-refractivity contribution in [2.24, 2.45) is 0 Å². The van der Waals surface area contributed by atoms with Crippen molar-refractivity contribution in [3.8, 4) is 45.5 Å². The third-order valence-electron chi connectivity index (χ3n) is 10.3. The number of piperazine rings is 2. The molecular formula is C42H42Cl4N6O8S4. The zero-order valence-electron chi connectivity index (χ0n) is 34.8. The number of sulfonamides is 2. The van der Waals surface area contributed by atoms with Crippen LogP contribution < -0.4 is 28.7 Å². The minimum Gasteiger partial charge on any atom is -0.497 e. The van der Waals surface area contributed by atoms with Gasteiger partial charge in [-0.1, -0.05) is 46.4 Å². The second-order valence-corrected chi connectivity index (χ2v) is 21.5. The summed E-state index contributed by atoms with van der Waals surface area (Å²) in [6.45, 7) is 3.46. The predicted octanol–water partition coefficient (Wildman–Crippen LogP) is 9.29. The summed E-state index contributed by atoms with van der Waals surface area (Å²) in [7, 11) is -0.903. The highest BCUT2D eigenvalue weighted by atomic mass is 35.5. The van der Waals surface area contributed by atoms with Crippen LogP contribution in [0.1, 0.15) is 0 Å². The van der Waals surface area contributed by atoms with E-state index in [0.29, 0.717) is 79.7 Å². The van der Waals surface area contributed by atoms with Crippen LogP contribution in [0.2, 0.25) is 20.1 Å². The van der Waals surface area contributed by atoms with Crippen LogP contribution in [0, 0.1) is 0 Å². The molecule has 2 aliphatic rings. The van der Waals surface area contributed by atoms with Gasteiger partial charge in [0.2, 0.25) is 20.0 Å². The lowest BCUT2D eigenvalue weighted by Gasteiger charge is -2.33. The second kappa shape index (κ2) is 20.6. The molecule has 0 saturated carbocycles. The van der Waals surface area contributed by atoms with Gasteiger partial charge in [0.15, 0.2) is 10.3 Å². The molecule has 22 heteroatoms. The molecule has 0 bridgehead atoms. The molecule has 2 aliphatic heterocycles. The summed E-state index contributed by atoms with van der Waals surface area (Å²) in [5, 5.41) is 6.75. The Balaban J connectivity index is 0.000000191. The minimum atomic E-state index is -3.68. The van der Waals surface area contributed by atoms with Crippen LogP contribution in [0.3, 0.4) is 0 Å². The quantitative estimate of drug-likeness (QED) is 0.115. The number of aromatic nitrogens is 2. The van der Waals surface area contributed by atoms with Gasteiger partial charge in [-0.25, -0.2) is 26.8 Å². The van der Waals surface area contributed by atoms with E-state index in [9.17, 15) is 16.8 Å². The van der Waals surface area contributed by atoms with Gasteiger partial charge < -0.3 is 28.7 Å². The summed E-state index contributed by atoms with van der Waals surface area (Å²) in [5.74, 6) is 2.81. The summed E-state index contributed by atoms with van der Waals surface area (Å²) in [6.07, 6.45) is 0. The molecule has 6 aromatic rings. The number of nitrogens with zero attached hydrogens (tertiary/aromatic N) is 6. The van der Waals surface area contributed by atoms with E-state index in [1.165, 1.54) is 67.7 Å². The molecule has 0 amide bonds. The molecule has 0 aliphatic carbocycles. The summed E-state index contributed by atoms with van der Waals surface area (Å²) in [5.41, 5.74) is 3.29. The first kappa shape index (κ1) is 47.9. The third kappa shape index (κ3) is 10.8. The first-order valence-corrected chi connectivity index (χ1v) is 25.6. The minimum absolute atomic E-state index is 0.102. The van der Waals surface area contributed by atoms with E-state index >= 15 is 0 Å². The summed E-state index contributed by atoms with van der Waals surface area (Å²) in [4.78, 5) is 13.9. The number of ether oxygens (including phenoxy) is 4. The van der Waals surface area contributed by atoms with E-state index in [1.54, 1.807) is 28.4 Å². The predicted molar refractivity (Wildman–Crippen MR) is 256 cm³/mol. The topological polar surface area (TPSA) is 144 Å². The van der Waals surface area contributed by atoms with Crippen molar-refractivity contribution in [1.82, 2.24) is 18.6 Å². The smallest absolute Gasteiger partial charge is 0.243 e. The number of hydrogen-bond acceptors (Lipinski definition) is 14. The molecule has 8 rings (SSSR count). The maximum atomic E-state index is 13.0. The van der Waals surface area contributed by atoms with E-state index in [2.05, 4.69) is 9.80 Å². The van der Waals surface area contributed by atoms with Crippen molar-refractivity contribution in [3.05, 3.63) is 104 Å². The van der Waals surface area contributed by atoms with E-state index in [0.717, 1.165) is 38.5 Å². The Morgan fingerprint density at radius 1 is 0.484 bits per heavy atom. The molecule has 64 heavy (non-hydrogen) atoms. The molecule has 14 nitrogen and oxygen atoms in total. The Hall–Kier alpha value is -4.08. The zero-order valence-corrected chi connectivity index (χ0v) is 41.1. The van der Waals surface area contributed by atoms with E-state index < -0.39 is 20.0 Å². The maximum absolute atomic E-state index is 13.0. The van der Waals surface area contributed by atoms with Gasteiger partial charge >= 0.3 is 0 Å². The number of hydrogen-bond donors (Lipinski definition) is 0. The van der Waals surface area contributed by atoms with Gasteiger partial charge in [0.25, 0.3) is 0 Å². The van der Waals surface area contributed by atoms with E-state index in [1.807, 2.05) is 47.2 Å². The Morgan fingerprint density at radius 3 is 1.31 bits per heavy atom. The lowest BCUT2D eigenvalue weighted by Crippen LogP contribution is -2.48. The maximum Gasteiger partial charge on any atom is 0.243 e. The molecule has 0 atom stereocenters. The van der Waals surface area contributed by atoms with E-state index in [-0.39, 0.29) is 19.8 Å². The van der Waals surface area contributed by atoms with Crippen LogP contribution in [0.25, 0.3) is 22.5 Å². The van der Waals surface area contributed by atoms with Crippen LogP contribution >= 0.6 is 69.1 Å². The van der Waals surface area contributed by atoms with Gasteiger partial charge in [0, 0.05) is 100 Å². The number of anilines is 2. The van der Waals surface area contributed by atoms with Crippen LogP contribution in [-0.4, -0.2) is 116 Å². The van der Waals surface area contributed by atoms with Crippen molar-refractivity contribution in [3.63, 3.8) is 0 Å². The second-order valence-electron chi connectivity index (χ2n) is 14.2. The fourth-order valence-corrected chi connectivity index (χ4v) is 13.0. The average Bonchev–Trinajstić information content (AvgIpc) is 4.00. The lowest BCUT2D eigenvalue weighted by molar-refractivity contribution is 0.384. The first-order chi connectivity index (χ1) is 30.6. The largest absolute Gasteiger partial charge is 0.497 e. The van der Waals surface area contributed by atoms with Gasteiger partial charge in [0.05, 0.1) is 49.6 Å². The summed E-state index contributed by atoms with van der Waals surface area (Å²) >= 11 is 27.0. The van der Waals surface area contributed by atoms with Crippen molar-refractivity contribution in [2.75, 3.05) is 90.6 Å². The monoisotopic (exact) mass is 1030 g/mol. The Labute approximate surface area is 400 Å². The third-order valence-corrected chi connectivity index (χ3v) is 16.7. The highest BCUT2D eigenvalue weighted by Crippen LogP contribution is 2.38. The first-order valence-electron chi connectivity index (χ1n) is 19.4. The molecule has 0 N–H and O–H groups in total. The molecule has 2 aromatic heterocycles. The molecule has 2 saturated heterocycles. The number of methoxy groups -OCH3 is 4.